The van der Waals surface area contributed by atoms with E-state index in [0.717, 1.165) is 11.3 Å². The number of amides is 2. The SMILES string of the molecule is COc1ccc(CCN2C(=O)[C@@H](CC(=O)Nc3ccccc3)SC2=Nc2ccccc2)cc1OC. The van der Waals surface area contributed by atoms with E-state index in [-0.39, 0.29) is 18.2 Å². The molecule has 3 aromatic rings. The summed E-state index contributed by atoms with van der Waals surface area (Å²) in [6.07, 6.45) is 0.669. The van der Waals surface area contributed by atoms with Crippen LogP contribution in [0.2, 0.25) is 0 Å². The summed E-state index contributed by atoms with van der Waals surface area (Å²) >= 11 is 1.33. The highest BCUT2D eigenvalue weighted by molar-refractivity contribution is 8.15. The van der Waals surface area contributed by atoms with Gasteiger partial charge in [-0.2, -0.15) is 0 Å². The molecule has 3 aromatic carbocycles. The monoisotopic (exact) mass is 489 g/mol. The highest BCUT2D eigenvalue weighted by Crippen LogP contribution is 2.33. The minimum absolute atomic E-state index is 0.0685. The van der Waals surface area contributed by atoms with E-state index in [2.05, 4.69) is 5.32 Å². The second kappa shape index (κ2) is 11.6. The summed E-state index contributed by atoms with van der Waals surface area (Å²) in [4.78, 5) is 32.4. The van der Waals surface area contributed by atoms with E-state index in [9.17, 15) is 9.59 Å². The summed E-state index contributed by atoms with van der Waals surface area (Å²) in [5, 5.41) is 2.92. The Morgan fingerprint density at radius 3 is 2.34 bits per heavy atom. The third-order valence-electron chi connectivity index (χ3n) is 5.50. The summed E-state index contributed by atoms with van der Waals surface area (Å²) in [5.41, 5.74) is 2.47. The molecule has 0 unspecified atom stereocenters. The van der Waals surface area contributed by atoms with Gasteiger partial charge in [-0.3, -0.25) is 14.5 Å². The molecule has 180 valence electrons. The summed E-state index contributed by atoms with van der Waals surface area (Å²) in [7, 11) is 3.19. The highest BCUT2D eigenvalue weighted by atomic mass is 32.2. The minimum Gasteiger partial charge on any atom is -0.493 e. The summed E-state index contributed by atoms with van der Waals surface area (Å²) in [6.45, 7) is 0.434. The van der Waals surface area contributed by atoms with Gasteiger partial charge in [0.15, 0.2) is 16.7 Å². The number of anilines is 1. The van der Waals surface area contributed by atoms with Crippen LogP contribution in [0.3, 0.4) is 0 Å². The Balaban J connectivity index is 1.50. The molecule has 4 rings (SSSR count). The minimum atomic E-state index is -0.536. The van der Waals surface area contributed by atoms with Crippen molar-refractivity contribution in [3.8, 4) is 11.5 Å². The number of nitrogens with one attached hydrogen (secondary N) is 1. The van der Waals surface area contributed by atoms with Crippen molar-refractivity contribution >= 4 is 40.1 Å². The smallest absolute Gasteiger partial charge is 0.242 e. The number of hydrogen-bond donors (Lipinski definition) is 1. The molecule has 2 amide bonds. The Morgan fingerprint density at radius 2 is 1.66 bits per heavy atom. The van der Waals surface area contributed by atoms with Gasteiger partial charge >= 0.3 is 0 Å². The van der Waals surface area contributed by atoms with Gasteiger partial charge < -0.3 is 14.8 Å². The molecule has 0 bridgehead atoms. The lowest BCUT2D eigenvalue weighted by Crippen LogP contribution is -2.35. The van der Waals surface area contributed by atoms with Gasteiger partial charge in [-0.05, 0) is 48.4 Å². The fourth-order valence-corrected chi connectivity index (χ4v) is 4.91. The van der Waals surface area contributed by atoms with Gasteiger partial charge in [-0.1, -0.05) is 54.2 Å². The zero-order chi connectivity index (χ0) is 24.6. The first kappa shape index (κ1) is 24.3. The van der Waals surface area contributed by atoms with Crippen molar-refractivity contribution in [3.05, 3.63) is 84.4 Å². The van der Waals surface area contributed by atoms with E-state index >= 15 is 0 Å². The van der Waals surface area contributed by atoms with Crippen LogP contribution < -0.4 is 14.8 Å². The van der Waals surface area contributed by atoms with Crippen molar-refractivity contribution in [1.82, 2.24) is 4.90 Å². The zero-order valence-electron chi connectivity index (χ0n) is 19.6. The second-order valence-electron chi connectivity index (χ2n) is 7.88. The predicted molar refractivity (Wildman–Crippen MR) is 140 cm³/mol. The maximum absolute atomic E-state index is 13.3. The van der Waals surface area contributed by atoms with Gasteiger partial charge in [0.25, 0.3) is 0 Å². The molecule has 0 saturated carbocycles. The van der Waals surface area contributed by atoms with Gasteiger partial charge in [0.2, 0.25) is 11.8 Å². The van der Waals surface area contributed by atoms with Crippen LogP contribution in [0, 0.1) is 0 Å². The lowest BCUT2D eigenvalue weighted by molar-refractivity contribution is -0.128. The standard InChI is InChI=1S/C27H27N3O4S/c1-33-22-14-13-19(17-23(22)34-2)15-16-30-26(32)24(18-25(31)28-20-9-5-3-6-10-20)35-27(30)29-21-11-7-4-8-12-21/h3-14,17,24H,15-16,18H2,1-2H3,(H,28,31)/t24-/m1/s1. The molecule has 1 atom stereocenters. The van der Waals surface area contributed by atoms with Crippen molar-refractivity contribution < 1.29 is 19.1 Å². The number of ether oxygens (including phenoxy) is 2. The average Bonchev–Trinajstić information content (AvgIpc) is 3.16. The van der Waals surface area contributed by atoms with Crippen LogP contribution in [0.1, 0.15) is 12.0 Å². The first-order chi connectivity index (χ1) is 17.1. The molecule has 7 nitrogen and oxygen atoms in total. The molecule has 35 heavy (non-hydrogen) atoms. The molecular formula is C27H27N3O4S. The quantitative estimate of drug-likeness (QED) is 0.462. The second-order valence-corrected chi connectivity index (χ2v) is 9.05. The number of aliphatic imine (C=N–C) groups is 1. The number of benzene rings is 3. The van der Waals surface area contributed by atoms with E-state index in [1.54, 1.807) is 19.1 Å². The molecule has 1 N–H and O–H groups in total. The number of carbonyl (C=O) groups is 2. The molecule has 0 aromatic heterocycles. The first-order valence-electron chi connectivity index (χ1n) is 11.2. The highest BCUT2D eigenvalue weighted by Gasteiger charge is 2.39. The third kappa shape index (κ3) is 6.22. The van der Waals surface area contributed by atoms with Crippen LogP contribution in [0.5, 0.6) is 11.5 Å². The number of rotatable bonds is 9. The van der Waals surface area contributed by atoms with Crippen molar-refractivity contribution in [3.63, 3.8) is 0 Å². The van der Waals surface area contributed by atoms with E-state index in [1.807, 2.05) is 78.9 Å². The summed E-state index contributed by atoms with van der Waals surface area (Å²) in [5.74, 6) is 0.969. The number of methoxy groups -OCH3 is 2. The Morgan fingerprint density at radius 1 is 0.971 bits per heavy atom. The van der Waals surface area contributed by atoms with Crippen molar-refractivity contribution in [2.24, 2.45) is 4.99 Å². The number of nitrogens with zero attached hydrogens (tertiary/aromatic N) is 2. The van der Waals surface area contributed by atoms with Crippen LogP contribution in [0.25, 0.3) is 0 Å². The van der Waals surface area contributed by atoms with E-state index in [0.29, 0.717) is 35.3 Å². The first-order valence-corrected chi connectivity index (χ1v) is 12.1. The number of para-hydroxylation sites is 2. The lowest BCUT2D eigenvalue weighted by Gasteiger charge is -2.17. The third-order valence-corrected chi connectivity index (χ3v) is 6.68. The normalized spacial score (nSPS) is 16.4. The Hall–Kier alpha value is -3.78. The number of thioether (sulfide) groups is 1. The van der Waals surface area contributed by atoms with Crippen molar-refractivity contribution in [2.45, 2.75) is 18.1 Å². The molecule has 0 radical (unpaired) electrons. The maximum Gasteiger partial charge on any atom is 0.242 e. The molecule has 8 heteroatoms. The van der Waals surface area contributed by atoms with Crippen LogP contribution >= 0.6 is 11.8 Å². The van der Waals surface area contributed by atoms with E-state index in [4.69, 9.17) is 14.5 Å². The van der Waals surface area contributed by atoms with Crippen molar-refractivity contribution in [2.75, 3.05) is 26.1 Å². The summed E-state index contributed by atoms with van der Waals surface area (Å²) in [6, 6.07) is 24.4. The zero-order valence-corrected chi connectivity index (χ0v) is 20.5. The van der Waals surface area contributed by atoms with Gasteiger partial charge in [0, 0.05) is 18.7 Å². The summed E-state index contributed by atoms with van der Waals surface area (Å²) < 4.78 is 10.7. The molecular weight excluding hydrogens is 462 g/mol. The van der Waals surface area contributed by atoms with Crippen LogP contribution in [0.15, 0.2) is 83.9 Å². The molecule has 0 aliphatic carbocycles. The van der Waals surface area contributed by atoms with E-state index in [1.165, 1.54) is 11.8 Å². The molecule has 1 heterocycles. The molecule has 1 aliphatic rings. The van der Waals surface area contributed by atoms with Gasteiger partial charge in [0.05, 0.1) is 19.9 Å². The Labute approximate surface area is 209 Å². The Kier molecular flexibility index (Phi) is 8.05. The topological polar surface area (TPSA) is 80.2 Å². The molecule has 0 spiro atoms. The lowest BCUT2D eigenvalue weighted by atomic mass is 10.1. The van der Waals surface area contributed by atoms with Gasteiger partial charge in [-0.25, -0.2) is 4.99 Å². The fourth-order valence-electron chi connectivity index (χ4n) is 3.72. The van der Waals surface area contributed by atoms with E-state index < -0.39 is 5.25 Å². The van der Waals surface area contributed by atoms with Crippen LogP contribution in [-0.2, 0) is 16.0 Å². The molecule has 1 saturated heterocycles. The largest absolute Gasteiger partial charge is 0.493 e. The van der Waals surface area contributed by atoms with Crippen LogP contribution in [0.4, 0.5) is 11.4 Å². The van der Waals surface area contributed by atoms with Crippen LogP contribution in [-0.4, -0.2) is 47.9 Å². The number of hydrogen-bond acceptors (Lipinski definition) is 6. The number of carbonyl (C=O) groups excluding carboxylic acids is 2. The Bertz CT molecular complexity index is 1200. The van der Waals surface area contributed by atoms with Gasteiger partial charge in [0.1, 0.15) is 5.25 Å². The predicted octanol–water partition coefficient (Wildman–Crippen LogP) is 4.91. The molecule has 1 fully saturated rings. The van der Waals surface area contributed by atoms with Crippen molar-refractivity contribution in [1.29, 1.82) is 0 Å². The number of amidine groups is 1. The average molecular weight is 490 g/mol. The fraction of sp³-hybridized carbons (Fsp3) is 0.222. The maximum atomic E-state index is 13.3. The molecule has 1 aliphatic heterocycles. The van der Waals surface area contributed by atoms with Gasteiger partial charge in [-0.15, -0.1) is 0 Å².